The van der Waals surface area contributed by atoms with Crippen LogP contribution < -0.4 is 0 Å². The van der Waals surface area contributed by atoms with Crippen molar-refractivity contribution in [1.82, 2.24) is 9.80 Å². The van der Waals surface area contributed by atoms with Gasteiger partial charge in [-0.2, -0.15) is 0 Å². The Morgan fingerprint density at radius 3 is 2.23 bits per heavy atom. The van der Waals surface area contributed by atoms with E-state index in [0.29, 0.717) is 24.2 Å². The van der Waals surface area contributed by atoms with Gasteiger partial charge in [0.15, 0.2) is 0 Å². The zero-order chi connectivity index (χ0) is 15.3. The van der Waals surface area contributed by atoms with Crippen molar-refractivity contribution in [1.29, 1.82) is 0 Å². The van der Waals surface area contributed by atoms with Crippen LogP contribution in [0.25, 0.3) is 5.70 Å². The second-order valence-corrected chi connectivity index (χ2v) is 5.88. The third-order valence-electron chi connectivity index (χ3n) is 4.57. The van der Waals surface area contributed by atoms with Gasteiger partial charge in [0, 0.05) is 30.5 Å². The number of rotatable bonds is 1. The highest BCUT2D eigenvalue weighted by molar-refractivity contribution is 6.11. The van der Waals surface area contributed by atoms with Crippen molar-refractivity contribution < 1.29 is 14.4 Å². The van der Waals surface area contributed by atoms with Gasteiger partial charge in [0.2, 0.25) is 11.8 Å². The van der Waals surface area contributed by atoms with Crippen molar-refractivity contribution in [3.05, 3.63) is 41.1 Å². The third kappa shape index (κ3) is 1.75. The number of carbonyl (C=O) groups is 3. The van der Waals surface area contributed by atoms with Crippen LogP contribution in [0.3, 0.4) is 0 Å². The molecule has 3 heterocycles. The lowest BCUT2D eigenvalue weighted by Crippen LogP contribution is -2.31. The standard InChI is InChI=1S/C17H16N2O3/c20-14-8-9-15(21)19(14)13-7-3-4-10-18-16(13)11-5-1-2-6-12(11)17(18)22/h1-2,5-6H,3-4,7-10H2. The third-order valence-corrected chi connectivity index (χ3v) is 4.57. The van der Waals surface area contributed by atoms with Gasteiger partial charge in [-0.25, -0.2) is 0 Å². The van der Waals surface area contributed by atoms with Gasteiger partial charge in [0.05, 0.1) is 11.4 Å². The summed E-state index contributed by atoms with van der Waals surface area (Å²) >= 11 is 0. The molecule has 0 aliphatic carbocycles. The minimum Gasteiger partial charge on any atom is -0.306 e. The highest BCUT2D eigenvalue weighted by Gasteiger charge is 2.40. The highest BCUT2D eigenvalue weighted by Crippen LogP contribution is 2.40. The summed E-state index contributed by atoms with van der Waals surface area (Å²) in [6.45, 7) is 0.641. The van der Waals surface area contributed by atoms with Crippen LogP contribution in [0.4, 0.5) is 0 Å². The molecule has 3 aliphatic rings. The van der Waals surface area contributed by atoms with Crippen LogP contribution in [-0.2, 0) is 9.59 Å². The highest BCUT2D eigenvalue weighted by atomic mass is 16.2. The SMILES string of the molecule is O=C1c2ccccc2C2=C(N3C(=O)CCC3=O)CCCCN12. The van der Waals surface area contributed by atoms with Crippen LogP contribution in [0.15, 0.2) is 30.0 Å². The van der Waals surface area contributed by atoms with Crippen LogP contribution >= 0.6 is 0 Å². The molecule has 0 saturated carbocycles. The monoisotopic (exact) mass is 296 g/mol. The largest absolute Gasteiger partial charge is 0.306 e. The molecule has 0 N–H and O–H groups in total. The molecule has 0 atom stereocenters. The van der Waals surface area contributed by atoms with Crippen molar-refractivity contribution >= 4 is 23.4 Å². The van der Waals surface area contributed by atoms with Gasteiger partial charge in [0.1, 0.15) is 0 Å². The zero-order valence-corrected chi connectivity index (χ0v) is 12.2. The van der Waals surface area contributed by atoms with Gasteiger partial charge < -0.3 is 4.90 Å². The summed E-state index contributed by atoms with van der Waals surface area (Å²) in [6, 6.07) is 7.44. The molecule has 112 valence electrons. The molecule has 3 amide bonds. The summed E-state index contributed by atoms with van der Waals surface area (Å²) in [5, 5.41) is 0. The van der Waals surface area contributed by atoms with Gasteiger partial charge in [0.25, 0.3) is 5.91 Å². The van der Waals surface area contributed by atoms with E-state index in [1.54, 1.807) is 4.90 Å². The lowest BCUT2D eigenvalue weighted by atomic mass is 10.0. The summed E-state index contributed by atoms with van der Waals surface area (Å²) in [5.41, 5.74) is 2.98. The van der Waals surface area contributed by atoms with Crippen molar-refractivity contribution in [2.75, 3.05) is 6.54 Å². The Labute approximate surface area is 128 Å². The van der Waals surface area contributed by atoms with E-state index in [2.05, 4.69) is 0 Å². The smallest absolute Gasteiger partial charge is 0.259 e. The van der Waals surface area contributed by atoms with Crippen molar-refractivity contribution in [3.8, 4) is 0 Å². The quantitative estimate of drug-likeness (QED) is 0.746. The minimum absolute atomic E-state index is 0.0240. The number of allylic oxidation sites excluding steroid dienone is 1. The Kier molecular flexibility index (Phi) is 2.89. The van der Waals surface area contributed by atoms with Crippen molar-refractivity contribution in [3.63, 3.8) is 0 Å². The Balaban J connectivity index is 1.94. The summed E-state index contributed by atoms with van der Waals surface area (Å²) in [5.74, 6) is -0.318. The van der Waals surface area contributed by atoms with Crippen LogP contribution in [-0.4, -0.2) is 34.1 Å². The molecule has 4 rings (SSSR count). The first-order valence-corrected chi connectivity index (χ1v) is 7.68. The topological polar surface area (TPSA) is 57.7 Å². The fourth-order valence-corrected chi connectivity index (χ4v) is 3.57. The molecular formula is C17H16N2O3. The summed E-state index contributed by atoms with van der Waals surface area (Å²) in [6.07, 6.45) is 2.95. The molecular weight excluding hydrogens is 280 g/mol. The second-order valence-electron chi connectivity index (χ2n) is 5.88. The number of likely N-dealkylation sites (tertiary alicyclic amines) is 1. The Morgan fingerprint density at radius 1 is 0.818 bits per heavy atom. The van der Waals surface area contributed by atoms with Gasteiger partial charge in [-0.1, -0.05) is 18.2 Å². The number of hydrogen-bond acceptors (Lipinski definition) is 3. The fourth-order valence-electron chi connectivity index (χ4n) is 3.57. The molecule has 5 nitrogen and oxygen atoms in total. The van der Waals surface area contributed by atoms with Gasteiger partial charge >= 0.3 is 0 Å². The lowest BCUT2D eigenvalue weighted by molar-refractivity contribution is -0.136. The van der Waals surface area contributed by atoms with E-state index >= 15 is 0 Å². The lowest BCUT2D eigenvalue weighted by Gasteiger charge is -2.23. The Morgan fingerprint density at radius 2 is 1.50 bits per heavy atom. The Bertz CT molecular complexity index is 719. The normalized spacial score (nSPS) is 21.4. The second kappa shape index (κ2) is 4.80. The van der Waals surface area contributed by atoms with Crippen LogP contribution in [0.1, 0.15) is 48.0 Å². The van der Waals surface area contributed by atoms with Gasteiger partial charge in [-0.3, -0.25) is 19.3 Å². The van der Waals surface area contributed by atoms with E-state index in [9.17, 15) is 14.4 Å². The van der Waals surface area contributed by atoms with E-state index in [1.807, 2.05) is 24.3 Å². The first-order valence-electron chi connectivity index (χ1n) is 7.68. The average molecular weight is 296 g/mol. The fraction of sp³-hybridized carbons (Fsp3) is 0.353. The molecule has 22 heavy (non-hydrogen) atoms. The molecule has 1 aromatic rings. The summed E-state index contributed by atoms with van der Waals surface area (Å²) < 4.78 is 0. The predicted octanol–water partition coefficient (Wildman–Crippen LogP) is 2.14. The molecule has 3 aliphatic heterocycles. The maximum absolute atomic E-state index is 12.6. The zero-order valence-electron chi connectivity index (χ0n) is 12.2. The molecule has 0 aromatic heterocycles. The van der Waals surface area contributed by atoms with E-state index in [1.165, 1.54) is 4.90 Å². The molecule has 5 heteroatoms. The number of nitrogens with zero attached hydrogens (tertiary/aromatic N) is 2. The van der Waals surface area contributed by atoms with Gasteiger partial charge in [-0.15, -0.1) is 0 Å². The molecule has 1 aromatic carbocycles. The average Bonchev–Trinajstić information content (AvgIpc) is 2.90. The molecule has 0 radical (unpaired) electrons. The van der Waals surface area contributed by atoms with Gasteiger partial charge in [-0.05, 0) is 25.3 Å². The minimum atomic E-state index is -0.147. The number of imide groups is 1. The first-order chi connectivity index (χ1) is 10.7. The Hall–Kier alpha value is -2.43. The van der Waals surface area contributed by atoms with Crippen molar-refractivity contribution in [2.24, 2.45) is 0 Å². The van der Waals surface area contributed by atoms with Crippen LogP contribution in [0.2, 0.25) is 0 Å². The predicted molar refractivity (Wildman–Crippen MR) is 79.3 cm³/mol. The summed E-state index contributed by atoms with van der Waals surface area (Å²) in [4.78, 5) is 40.0. The molecule has 1 saturated heterocycles. The van der Waals surface area contributed by atoms with Crippen LogP contribution in [0.5, 0.6) is 0 Å². The van der Waals surface area contributed by atoms with E-state index < -0.39 is 0 Å². The van der Waals surface area contributed by atoms with Crippen LogP contribution in [0, 0.1) is 0 Å². The summed E-state index contributed by atoms with van der Waals surface area (Å²) in [7, 11) is 0. The molecule has 0 unspecified atom stereocenters. The van der Waals surface area contributed by atoms with E-state index in [-0.39, 0.29) is 30.6 Å². The number of fused-ring (bicyclic) bond motifs is 3. The molecule has 1 fully saturated rings. The number of carbonyl (C=O) groups excluding carboxylic acids is 3. The number of benzene rings is 1. The maximum Gasteiger partial charge on any atom is 0.259 e. The first kappa shape index (κ1) is 13.2. The number of amides is 3. The van der Waals surface area contributed by atoms with Crippen molar-refractivity contribution in [2.45, 2.75) is 32.1 Å². The van der Waals surface area contributed by atoms with E-state index in [0.717, 1.165) is 24.1 Å². The molecule has 0 bridgehead atoms. The number of hydrogen-bond donors (Lipinski definition) is 0. The van der Waals surface area contributed by atoms with E-state index in [4.69, 9.17) is 0 Å². The maximum atomic E-state index is 12.6. The molecule has 0 spiro atoms.